The smallest absolute Gasteiger partial charge is 0.119 e. The average molecular weight is 416 g/mol. The zero-order valence-corrected chi connectivity index (χ0v) is 18.7. The lowest BCUT2D eigenvalue weighted by molar-refractivity contribution is 0.0471. The standard InChI is InChI=1S/C23H37N5O2/c1-4-26-10-12-27(13-11-26)17-22(29)18-30-23-7-5-6-21(15-23)16-24-8-9-28-20(3)14-19(2)25-28/h5-7,14-15,22,24,29H,4,8-13,16-18H2,1-3H3/t22-/m0/s1. The minimum atomic E-state index is -0.472. The first kappa shape index (κ1) is 22.7. The Hall–Kier alpha value is -1.93. The summed E-state index contributed by atoms with van der Waals surface area (Å²) < 4.78 is 7.89. The highest BCUT2D eigenvalue weighted by molar-refractivity contribution is 5.28. The van der Waals surface area contributed by atoms with Gasteiger partial charge in [0.15, 0.2) is 0 Å². The molecule has 166 valence electrons. The summed E-state index contributed by atoms with van der Waals surface area (Å²) in [6.07, 6.45) is -0.472. The number of rotatable bonds is 11. The predicted molar refractivity (Wildman–Crippen MR) is 120 cm³/mol. The lowest BCUT2D eigenvalue weighted by Crippen LogP contribution is -2.49. The fourth-order valence-electron chi connectivity index (χ4n) is 3.90. The van der Waals surface area contributed by atoms with Crippen molar-refractivity contribution in [2.75, 3.05) is 52.4 Å². The van der Waals surface area contributed by atoms with E-state index < -0.39 is 6.10 Å². The zero-order chi connectivity index (χ0) is 21.3. The molecule has 7 heteroatoms. The summed E-state index contributed by atoms with van der Waals surface area (Å²) in [5.41, 5.74) is 3.42. The number of aliphatic hydroxyl groups is 1. The number of aryl methyl sites for hydroxylation is 2. The molecule has 3 rings (SSSR count). The number of β-amino-alcohol motifs (C(OH)–C–C–N with tert-alkyl or cyclic N) is 1. The summed E-state index contributed by atoms with van der Waals surface area (Å²) in [4.78, 5) is 4.76. The van der Waals surface area contributed by atoms with E-state index in [0.29, 0.717) is 13.2 Å². The van der Waals surface area contributed by atoms with Gasteiger partial charge in [-0.15, -0.1) is 0 Å². The fourth-order valence-corrected chi connectivity index (χ4v) is 3.90. The van der Waals surface area contributed by atoms with Gasteiger partial charge >= 0.3 is 0 Å². The molecule has 1 aromatic carbocycles. The van der Waals surface area contributed by atoms with Crippen molar-refractivity contribution in [1.82, 2.24) is 24.9 Å². The van der Waals surface area contributed by atoms with E-state index in [9.17, 15) is 5.11 Å². The van der Waals surface area contributed by atoms with Crippen LogP contribution in [0.25, 0.3) is 0 Å². The van der Waals surface area contributed by atoms with Crippen molar-refractivity contribution in [2.24, 2.45) is 0 Å². The number of nitrogens with one attached hydrogen (secondary N) is 1. The number of piperazine rings is 1. The Bertz CT molecular complexity index is 771. The molecule has 0 aliphatic carbocycles. The molecule has 1 saturated heterocycles. The van der Waals surface area contributed by atoms with Gasteiger partial charge in [0.1, 0.15) is 18.5 Å². The van der Waals surface area contributed by atoms with Crippen LogP contribution in [0.4, 0.5) is 0 Å². The molecule has 2 heterocycles. The first-order valence-corrected chi connectivity index (χ1v) is 11.1. The maximum atomic E-state index is 10.4. The molecule has 0 bridgehead atoms. The predicted octanol–water partition coefficient (Wildman–Crippen LogP) is 1.67. The Morgan fingerprint density at radius 3 is 2.60 bits per heavy atom. The van der Waals surface area contributed by atoms with Crippen molar-refractivity contribution in [3.05, 3.63) is 47.3 Å². The van der Waals surface area contributed by atoms with Crippen LogP contribution in [0.1, 0.15) is 23.9 Å². The second-order valence-electron chi connectivity index (χ2n) is 8.17. The Morgan fingerprint density at radius 1 is 1.13 bits per heavy atom. The van der Waals surface area contributed by atoms with Gasteiger partial charge in [-0.05, 0) is 44.2 Å². The average Bonchev–Trinajstić information content (AvgIpc) is 3.07. The van der Waals surface area contributed by atoms with Crippen LogP contribution in [0.5, 0.6) is 5.75 Å². The first-order chi connectivity index (χ1) is 14.5. The van der Waals surface area contributed by atoms with Crippen LogP contribution in [0.15, 0.2) is 30.3 Å². The zero-order valence-electron chi connectivity index (χ0n) is 18.7. The van der Waals surface area contributed by atoms with E-state index in [1.807, 2.05) is 29.8 Å². The van der Waals surface area contributed by atoms with E-state index in [4.69, 9.17) is 4.74 Å². The monoisotopic (exact) mass is 415 g/mol. The summed E-state index contributed by atoms with van der Waals surface area (Å²) in [6, 6.07) is 10.2. The third-order valence-corrected chi connectivity index (χ3v) is 5.65. The normalized spacial score (nSPS) is 16.7. The van der Waals surface area contributed by atoms with Gasteiger partial charge in [0.05, 0.1) is 12.2 Å². The largest absolute Gasteiger partial charge is 0.491 e. The molecular weight excluding hydrogens is 378 g/mol. The molecule has 2 aromatic rings. The molecule has 30 heavy (non-hydrogen) atoms. The first-order valence-electron chi connectivity index (χ1n) is 11.1. The van der Waals surface area contributed by atoms with Gasteiger partial charge in [0.2, 0.25) is 0 Å². The molecule has 1 fully saturated rings. The number of hydrogen-bond donors (Lipinski definition) is 2. The number of hydrogen-bond acceptors (Lipinski definition) is 6. The number of aromatic nitrogens is 2. The molecule has 0 amide bonds. The second-order valence-corrected chi connectivity index (χ2v) is 8.17. The maximum Gasteiger partial charge on any atom is 0.119 e. The van der Waals surface area contributed by atoms with Crippen LogP contribution in [0.3, 0.4) is 0 Å². The van der Waals surface area contributed by atoms with E-state index >= 15 is 0 Å². The summed E-state index contributed by atoms with van der Waals surface area (Å²) >= 11 is 0. The number of aliphatic hydroxyl groups excluding tert-OH is 1. The van der Waals surface area contributed by atoms with Crippen LogP contribution >= 0.6 is 0 Å². The molecule has 0 radical (unpaired) electrons. The van der Waals surface area contributed by atoms with E-state index in [0.717, 1.165) is 63.8 Å². The maximum absolute atomic E-state index is 10.4. The summed E-state index contributed by atoms with van der Waals surface area (Å²) in [5, 5.41) is 18.3. The van der Waals surface area contributed by atoms with Gasteiger partial charge in [0, 0.05) is 51.5 Å². The van der Waals surface area contributed by atoms with Gasteiger partial charge in [-0.3, -0.25) is 9.58 Å². The van der Waals surface area contributed by atoms with Crippen molar-refractivity contribution >= 4 is 0 Å². The van der Waals surface area contributed by atoms with Gasteiger partial charge < -0.3 is 20.1 Å². The fraction of sp³-hybridized carbons (Fsp3) is 0.609. The third-order valence-electron chi connectivity index (χ3n) is 5.65. The third kappa shape index (κ3) is 7.09. The highest BCUT2D eigenvalue weighted by Crippen LogP contribution is 2.14. The lowest BCUT2D eigenvalue weighted by atomic mass is 10.2. The van der Waals surface area contributed by atoms with Crippen molar-refractivity contribution in [3.63, 3.8) is 0 Å². The minimum absolute atomic E-state index is 0.322. The Balaban J connectivity index is 1.36. The van der Waals surface area contributed by atoms with Gasteiger partial charge in [-0.1, -0.05) is 19.1 Å². The molecule has 0 unspecified atom stereocenters. The van der Waals surface area contributed by atoms with Crippen LogP contribution in [0.2, 0.25) is 0 Å². The summed E-state index contributed by atoms with van der Waals surface area (Å²) in [7, 11) is 0. The molecule has 1 aliphatic rings. The summed E-state index contributed by atoms with van der Waals surface area (Å²) in [6.45, 7) is 15.1. The summed E-state index contributed by atoms with van der Waals surface area (Å²) in [5.74, 6) is 0.808. The highest BCUT2D eigenvalue weighted by atomic mass is 16.5. The van der Waals surface area contributed by atoms with E-state index in [1.54, 1.807) is 0 Å². The van der Waals surface area contributed by atoms with E-state index in [2.05, 4.69) is 46.2 Å². The molecule has 1 aromatic heterocycles. The molecule has 2 N–H and O–H groups in total. The Morgan fingerprint density at radius 2 is 1.90 bits per heavy atom. The minimum Gasteiger partial charge on any atom is -0.491 e. The van der Waals surface area contributed by atoms with Crippen LogP contribution in [0, 0.1) is 13.8 Å². The van der Waals surface area contributed by atoms with Crippen molar-refractivity contribution in [2.45, 2.75) is 40.0 Å². The SMILES string of the molecule is CCN1CCN(C[C@H](O)COc2cccc(CNCCn3nc(C)cc3C)c2)CC1. The lowest BCUT2D eigenvalue weighted by Gasteiger charge is -2.34. The number of nitrogens with zero attached hydrogens (tertiary/aromatic N) is 4. The molecule has 0 spiro atoms. The number of ether oxygens (including phenoxy) is 1. The number of likely N-dealkylation sites (N-methyl/N-ethyl adjacent to an activating group) is 1. The van der Waals surface area contributed by atoms with Gasteiger partial charge in [0.25, 0.3) is 0 Å². The van der Waals surface area contributed by atoms with Gasteiger partial charge in [-0.25, -0.2) is 0 Å². The molecule has 1 aliphatic heterocycles. The Kier molecular flexibility index (Phi) is 8.69. The highest BCUT2D eigenvalue weighted by Gasteiger charge is 2.18. The number of benzene rings is 1. The second kappa shape index (κ2) is 11.5. The van der Waals surface area contributed by atoms with Crippen LogP contribution in [-0.2, 0) is 13.1 Å². The molecule has 1 atom stereocenters. The van der Waals surface area contributed by atoms with Crippen molar-refractivity contribution in [1.29, 1.82) is 0 Å². The molecular formula is C23H37N5O2. The molecule has 0 saturated carbocycles. The van der Waals surface area contributed by atoms with Crippen LogP contribution < -0.4 is 10.1 Å². The van der Waals surface area contributed by atoms with Gasteiger partial charge in [-0.2, -0.15) is 5.10 Å². The quantitative estimate of drug-likeness (QED) is 0.544. The van der Waals surface area contributed by atoms with E-state index in [-0.39, 0.29) is 0 Å². The van der Waals surface area contributed by atoms with Crippen LogP contribution in [-0.4, -0.2) is 83.2 Å². The van der Waals surface area contributed by atoms with Crippen molar-refractivity contribution < 1.29 is 9.84 Å². The van der Waals surface area contributed by atoms with E-state index in [1.165, 1.54) is 11.3 Å². The van der Waals surface area contributed by atoms with Crippen molar-refractivity contribution in [3.8, 4) is 5.75 Å². The topological polar surface area (TPSA) is 65.8 Å². The molecule has 7 nitrogen and oxygen atoms in total. The Labute approximate surface area is 180 Å².